The highest BCUT2D eigenvalue weighted by atomic mass is 35.5. The Bertz CT molecular complexity index is 1040. The van der Waals surface area contributed by atoms with Gasteiger partial charge >= 0.3 is 0 Å². The molecule has 4 rings (SSSR count). The number of piperidine rings is 1. The molecule has 1 aromatic heterocycles. The van der Waals surface area contributed by atoms with Crippen molar-refractivity contribution in [1.82, 2.24) is 19.8 Å². The first kappa shape index (κ1) is 25.4. The van der Waals surface area contributed by atoms with Gasteiger partial charge in [-0.2, -0.15) is 0 Å². The Morgan fingerprint density at radius 2 is 1.80 bits per heavy atom. The third-order valence-electron chi connectivity index (χ3n) is 7.17. The van der Waals surface area contributed by atoms with Gasteiger partial charge in [0.1, 0.15) is 11.5 Å². The summed E-state index contributed by atoms with van der Waals surface area (Å²) < 4.78 is 0. The minimum atomic E-state index is -0.548. The average Bonchev–Trinajstić information content (AvgIpc) is 2.88. The molecule has 2 fully saturated rings. The van der Waals surface area contributed by atoms with Gasteiger partial charge in [-0.1, -0.05) is 31.9 Å². The number of piperazine rings is 1. The van der Waals surface area contributed by atoms with Crippen molar-refractivity contribution in [3.8, 4) is 0 Å². The number of aryl methyl sites for hydroxylation is 1. The molecular formula is C26H35ClN6O2. The molecule has 2 aliphatic heterocycles. The Labute approximate surface area is 212 Å². The molecule has 1 aromatic carbocycles. The zero-order valence-corrected chi connectivity index (χ0v) is 21.4. The number of nitrogens with two attached hydrogens (primary N) is 1. The van der Waals surface area contributed by atoms with Gasteiger partial charge in [-0.3, -0.25) is 14.5 Å². The molecule has 9 heteroatoms. The molecule has 0 aliphatic carbocycles. The number of benzene rings is 1. The van der Waals surface area contributed by atoms with Crippen LogP contribution in [-0.2, 0) is 6.42 Å². The minimum Gasteiger partial charge on any atom is -0.364 e. The molecule has 2 amide bonds. The number of carbonyl (C=O) groups is 2. The normalized spacial score (nSPS) is 19.7. The van der Waals surface area contributed by atoms with Crippen molar-refractivity contribution in [1.29, 1.82) is 0 Å². The van der Waals surface area contributed by atoms with E-state index in [1.54, 1.807) is 24.3 Å². The first-order valence-electron chi connectivity index (χ1n) is 12.6. The van der Waals surface area contributed by atoms with E-state index in [1.807, 2.05) is 11.8 Å². The van der Waals surface area contributed by atoms with E-state index in [2.05, 4.69) is 26.7 Å². The van der Waals surface area contributed by atoms with Gasteiger partial charge in [0.2, 0.25) is 0 Å². The summed E-state index contributed by atoms with van der Waals surface area (Å²) in [6.07, 6.45) is 6.36. The summed E-state index contributed by atoms with van der Waals surface area (Å²) in [4.78, 5) is 40.4. The van der Waals surface area contributed by atoms with Crippen molar-refractivity contribution in [2.75, 3.05) is 37.6 Å². The van der Waals surface area contributed by atoms with Crippen molar-refractivity contribution in [2.24, 2.45) is 5.73 Å². The van der Waals surface area contributed by atoms with E-state index in [-0.39, 0.29) is 11.6 Å². The highest BCUT2D eigenvalue weighted by molar-refractivity contribution is 6.30. The van der Waals surface area contributed by atoms with Gasteiger partial charge in [-0.15, -0.1) is 0 Å². The van der Waals surface area contributed by atoms with Gasteiger partial charge in [-0.05, 0) is 49.9 Å². The average molecular weight is 499 g/mol. The molecule has 0 spiro atoms. The molecule has 0 bridgehead atoms. The second-order valence-electron chi connectivity index (χ2n) is 9.40. The Kier molecular flexibility index (Phi) is 8.23. The maximum atomic E-state index is 12.9. The summed E-state index contributed by atoms with van der Waals surface area (Å²) in [5, 5.41) is 0.641. The highest BCUT2D eigenvalue weighted by Gasteiger charge is 2.35. The van der Waals surface area contributed by atoms with E-state index in [0.717, 1.165) is 69.9 Å². The summed E-state index contributed by atoms with van der Waals surface area (Å²) in [7, 11) is 0. The Morgan fingerprint density at radius 1 is 1.09 bits per heavy atom. The number of likely N-dealkylation sites (tertiary alicyclic amines) is 1. The summed E-state index contributed by atoms with van der Waals surface area (Å²) in [5.74, 6) is 0.398. The maximum Gasteiger partial charge on any atom is 0.268 e. The summed E-state index contributed by atoms with van der Waals surface area (Å²) >= 11 is 5.97. The standard InChI is InChI=1S/C26H35ClN6O2/c1-3-5-21-17-32(25-22(4-2)30-23(16-29-25)24(28)34)14-15-33(21)20-10-12-31(13-11-20)26(35)18-6-8-19(27)9-7-18/h6-9,16,20-21H,3-5,10-15,17H2,1-2H3,(H2,28,34)/t21-/m0/s1. The van der Waals surface area contributed by atoms with Gasteiger partial charge < -0.3 is 15.5 Å². The van der Waals surface area contributed by atoms with Crippen LogP contribution < -0.4 is 10.6 Å². The molecule has 35 heavy (non-hydrogen) atoms. The second-order valence-corrected chi connectivity index (χ2v) is 9.84. The largest absolute Gasteiger partial charge is 0.364 e. The molecule has 2 aliphatic rings. The van der Waals surface area contributed by atoms with Crippen LogP contribution in [0.25, 0.3) is 0 Å². The monoisotopic (exact) mass is 498 g/mol. The van der Waals surface area contributed by atoms with Crippen LogP contribution >= 0.6 is 11.6 Å². The lowest BCUT2D eigenvalue weighted by Crippen LogP contribution is -2.59. The maximum absolute atomic E-state index is 12.9. The van der Waals surface area contributed by atoms with E-state index in [4.69, 9.17) is 17.3 Å². The number of amides is 2. The van der Waals surface area contributed by atoms with Crippen LogP contribution in [0.15, 0.2) is 30.5 Å². The fourth-order valence-corrected chi connectivity index (χ4v) is 5.48. The first-order chi connectivity index (χ1) is 16.9. The SMILES string of the molecule is CCC[C@H]1CN(c2ncc(C(N)=O)nc2CC)CCN1C1CCN(C(=O)c2ccc(Cl)cc2)CC1. The molecule has 1 atom stereocenters. The van der Waals surface area contributed by atoms with Gasteiger partial charge in [0, 0.05) is 55.4 Å². The highest BCUT2D eigenvalue weighted by Crippen LogP contribution is 2.28. The molecule has 2 saturated heterocycles. The van der Waals surface area contributed by atoms with Crippen molar-refractivity contribution in [2.45, 2.75) is 58.0 Å². The van der Waals surface area contributed by atoms with Crippen LogP contribution in [0.1, 0.15) is 66.1 Å². The molecule has 0 radical (unpaired) electrons. The van der Waals surface area contributed by atoms with Crippen molar-refractivity contribution < 1.29 is 9.59 Å². The number of carbonyl (C=O) groups excluding carboxylic acids is 2. The Balaban J connectivity index is 1.41. The fraction of sp³-hybridized carbons (Fsp3) is 0.538. The molecular weight excluding hydrogens is 464 g/mol. The van der Waals surface area contributed by atoms with Gasteiger partial charge in [0.25, 0.3) is 11.8 Å². The Morgan fingerprint density at radius 3 is 2.43 bits per heavy atom. The van der Waals surface area contributed by atoms with Crippen molar-refractivity contribution in [3.63, 3.8) is 0 Å². The first-order valence-corrected chi connectivity index (χ1v) is 13.0. The molecule has 0 unspecified atom stereocenters. The zero-order valence-electron chi connectivity index (χ0n) is 20.6. The minimum absolute atomic E-state index is 0.0834. The molecule has 2 N–H and O–H groups in total. The molecule has 188 valence electrons. The number of hydrogen-bond donors (Lipinski definition) is 1. The molecule has 8 nitrogen and oxygen atoms in total. The number of nitrogens with zero attached hydrogens (tertiary/aromatic N) is 5. The number of halogens is 1. The van der Waals surface area contributed by atoms with Crippen LogP contribution in [0.3, 0.4) is 0 Å². The van der Waals surface area contributed by atoms with E-state index in [1.165, 1.54) is 6.20 Å². The molecule has 3 heterocycles. The second kappa shape index (κ2) is 11.4. The number of aromatic nitrogens is 2. The topological polar surface area (TPSA) is 95.7 Å². The predicted molar refractivity (Wildman–Crippen MR) is 138 cm³/mol. The number of hydrogen-bond acceptors (Lipinski definition) is 6. The van der Waals surface area contributed by atoms with E-state index >= 15 is 0 Å². The summed E-state index contributed by atoms with van der Waals surface area (Å²) in [5.41, 5.74) is 7.13. The summed E-state index contributed by atoms with van der Waals surface area (Å²) in [6.45, 7) is 8.48. The predicted octanol–water partition coefficient (Wildman–Crippen LogP) is 3.39. The van der Waals surface area contributed by atoms with Crippen LogP contribution in [0, 0.1) is 0 Å². The quantitative estimate of drug-likeness (QED) is 0.628. The number of rotatable bonds is 7. The third kappa shape index (κ3) is 5.76. The smallest absolute Gasteiger partial charge is 0.268 e. The lowest BCUT2D eigenvalue weighted by atomic mass is 9.96. The molecule has 2 aromatic rings. The van der Waals surface area contributed by atoms with E-state index < -0.39 is 5.91 Å². The number of primary amides is 1. The Hall–Kier alpha value is -2.71. The van der Waals surface area contributed by atoms with Gasteiger partial charge in [0.15, 0.2) is 0 Å². The lowest BCUT2D eigenvalue weighted by molar-refractivity contribution is 0.0480. The van der Waals surface area contributed by atoms with Gasteiger partial charge in [0.05, 0.1) is 11.9 Å². The summed E-state index contributed by atoms with van der Waals surface area (Å²) in [6, 6.07) is 8.03. The van der Waals surface area contributed by atoms with Crippen LogP contribution in [0.5, 0.6) is 0 Å². The van der Waals surface area contributed by atoms with Crippen LogP contribution in [-0.4, -0.2) is 76.4 Å². The van der Waals surface area contributed by atoms with Crippen molar-refractivity contribution in [3.05, 3.63) is 52.4 Å². The van der Waals surface area contributed by atoms with Gasteiger partial charge in [-0.25, -0.2) is 9.97 Å². The number of anilines is 1. The van der Waals surface area contributed by atoms with Crippen molar-refractivity contribution >= 4 is 29.2 Å². The van der Waals surface area contributed by atoms with Crippen LogP contribution in [0.4, 0.5) is 5.82 Å². The third-order valence-corrected chi connectivity index (χ3v) is 7.42. The molecule has 0 saturated carbocycles. The fourth-order valence-electron chi connectivity index (χ4n) is 5.35. The van der Waals surface area contributed by atoms with E-state index in [0.29, 0.717) is 29.1 Å². The van der Waals surface area contributed by atoms with E-state index in [9.17, 15) is 9.59 Å². The van der Waals surface area contributed by atoms with Crippen LogP contribution in [0.2, 0.25) is 5.02 Å². The zero-order chi connectivity index (χ0) is 24.9. The lowest BCUT2D eigenvalue weighted by Gasteiger charge is -2.48.